The van der Waals surface area contributed by atoms with E-state index in [0.29, 0.717) is 11.1 Å². The second-order valence-electron chi connectivity index (χ2n) is 6.44. The van der Waals surface area contributed by atoms with Gasteiger partial charge in [-0.25, -0.2) is 4.39 Å². The molecule has 0 spiro atoms. The molecule has 2 atom stereocenters. The summed E-state index contributed by atoms with van der Waals surface area (Å²) in [6.07, 6.45) is -4.47. The Balaban J connectivity index is 1.93. The second-order valence-corrected chi connectivity index (χ2v) is 6.85. The molecule has 1 aliphatic rings. The Morgan fingerprint density at radius 2 is 1.79 bits per heavy atom. The first-order chi connectivity index (χ1) is 13.1. The maximum Gasteiger partial charge on any atom is 0.416 e. The van der Waals surface area contributed by atoms with Gasteiger partial charge in [-0.3, -0.25) is 9.59 Å². The van der Waals surface area contributed by atoms with E-state index in [4.69, 9.17) is 11.6 Å². The zero-order chi connectivity index (χ0) is 20.5. The lowest BCUT2D eigenvalue weighted by Crippen LogP contribution is -2.35. The lowest BCUT2D eigenvalue weighted by Gasteiger charge is -2.22. The standard InChI is InChI=1S/C19H15ClF4N2O2/c20-14-7-11(3-6-15(14)21)17(26-18(28)12-8-16(27)25-9-12)10-1-4-13(5-2-10)19(22,23)24/h1-7,12,17H,8-9H2,(H,25,27)(H,26,28)/t12-,17?/m0/s1. The molecule has 0 radical (unpaired) electrons. The summed E-state index contributed by atoms with van der Waals surface area (Å²) in [7, 11) is 0. The summed E-state index contributed by atoms with van der Waals surface area (Å²) in [6, 6.07) is 7.23. The lowest BCUT2D eigenvalue weighted by atomic mass is 9.96. The highest BCUT2D eigenvalue weighted by molar-refractivity contribution is 6.30. The van der Waals surface area contributed by atoms with E-state index in [-0.39, 0.29) is 23.9 Å². The molecule has 0 aromatic heterocycles. The molecule has 1 heterocycles. The van der Waals surface area contributed by atoms with E-state index >= 15 is 0 Å². The Hall–Kier alpha value is -2.61. The summed E-state index contributed by atoms with van der Waals surface area (Å²) in [5.74, 6) is -1.95. The van der Waals surface area contributed by atoms with Crippen molar-refractivity contribution in [2.45, 2.75) is 18.6 Å². The van der Waals surface area contributed by atoms with E-state index in [2.05, 4.69) is 10.6 Å². The molecule has 1 fully saturated rings. The number of carbonyl (C=O) groups excluding carboxylic acids is 2. The van der Waals surface area contributed by atoms with Crippen molar-refractivity contribution in [2.24, 2.45) is 5.92 Å². The van der Waals surface area contributed by atoms with Crippen molar-refractivity contribution in [2.75, 3.05) is 6.54 Å². The molecule has 1 aliphatic heterocycles. The van der Waals surface area contributed by atoms with Crippen LogP contribution in [0, 0.1) is 11.7 Å². The van der Waals surface area contributed by atoms with Crippen LogP contribution in [-0.2, 0) is 15.8 Å². The minimum atomic E-state index is -4.49. The molecule has 28 heavy (non-hydrogen) atoms. The average molecular weight is 415 g/mol. The molecule has 1 saturated heterocycles. The molecule has 9 heteroatoms. The van der Waals surface area contributed by atoms with Gasteiger partial charge in [-0.05, 0) is 35.4 Å². The molecular formula is C19H15ClF4N2O2. The monoisotopic (exact) mass is 414 g/mol. The highest BCUT2D eigenvalue weighted by Gasteiger charge is 2.32. The van der Waals surface area contributed by atoms with Crippen molar-refractivity contribution in [3.8, 4) is 0 Å². The lowest BCUT2D eigenvalue weighted by molar-refractivity contribution is -0.137. The second kappa shape index (κ2) is 7.79. The van der Waals surface area contributed by atoms with Gasteiger partial charge in [-0.1, -0.05) is 29.8 Å². The van der Waals surface area contributed by atoms with E-state index in [1.54, 1.807) is 0 Å². The molecule has 2 aromatic rings. The summed E-state index contributed by atoms with van der Waals surface area (Å²) in [6.45, 7) is 0.175. The van der Waals surface area contributed by atoms with Crippen LogP contribution in [0.4, 0.5) is 17.6 Å². The topological polar surface area (TPSA) is 58.2 Å². The van der Waals surface area contributed by atoms with E-state index in [1.807, 2.05) is 0 Å². The number of halogens is 5. The number of carbonyl (C=O) groups is 2. The van der Waals surface area contributed by atoms with Gasteiger partial charge in [0.05, 0.1) is 22.5 Å². The molecule has 0 saturated carbocycles. The summed E-state index contributed by atoms with van der Waals surface area (Å²) >= 11 is 5.82. The van der Waals surface area contributed by atoms with Crippen molar-refractivity contribution in [1.29, 1.82) is 0 Å². The molecule has 4 nitrogen and oxygen atoms in total. The summed E-state index contributed by atoms with van der Waals surface area (Å²) in [5, 5.41) is 5.09. The third-order valence-electron chi connectivity index (χ3n) is 4.48. The van der Waals surface area contributed by atoms with E-state index in [0.717, 1.165) is 18.2 Å². The van der Waals surface area contributed by atoms with Gasteiger partial charge < -0.3 is 10.6 Å². The Morgan fingerprint density at radius 3 is 2.32 bits per heavy atom. The van der Waals surface area contributed by atoms with Gasteiger partial charge in [-0.2, -0.15) is 13.2 Å². The van der Waals surface area contributed by atoms with Crippen molar-refractivity contribution >= 4 is 23.4 Å². The summed E-state index contributed by atoms with van der Waals surface area (Å²) < 4.78 is 52.0. The van der Waals surface area contributed by atoms with E-state index < -0.39 is 35.4 Å². The summed E-state index contributed by atoms with van der Waals surface area (Å²) in [4.78, 5) is 23.9. The van der Waals surface area contributed by atoms with E-state index in [1.165, 1.54) is 24.3 Å². The van der Waals surface area contributed by atoms with Gasteiger partial charge in [0.15, 0.2) is 0 Å². The van der Waals surface area contributed by atoms with Crippen LogP contribution in [0.25, 0.3) is 0 Å². The third-order valence-corrected chi connectivity index (χ3v) is 4.77. The Labute approximate surface area is 162 Å². The maximum absolute atomic E-state index is 13.5. The predicted molar refractivity (Wildman–Crippen MR) is 94.0 cm³/mol. The van der Waals surface area contributed by atoms with Gasteiger partial charge >= 0.3 is 6.18 Å². The van der Waals surface area contributed by atoms with Crippen LogP contribution >= 0.6 is 11.6 Å². The van der Waals surface area contributed by atoms with Gasteiger partial charge in [0.1, 0.15) is 5.82 Å². The largest absolute Gasteiger partial charge is 0.416 e. The van der Waals surface area contributed by atoms with Crippen LogP contribution in [-0.4, -0.2) is 18.4 Å². The molecule has 148 valence electrons. The first-order valence-electron chi connectivity index (χ1n) is 8.34. The molecule has 2 amide bonds. The number of alkyl halides is 3. The maximum atomic E-state index is 13.5. The fourth-order valence-electron chi connectivity index (χ4n) is 2.97. The van der Waals surface area contributed by atoms with Gasteiger partial charge in [0, 0.05) is 13.0 Å². The minimum Gasteiger partial charge on any atom is -0.355 e. The number of amides is 2. The summed E-state index contributed by atoms with van der Waals surface area (Å²) in [5.41, 5.74) is -0.0675. The SMILES string of the molecule is O=C1C[C@H](C(=O)NC(c2ccc(C(F)(F)F)cc2)c2ccc(F)c(Cl)c2)CN1. The quantitative estimate of drug-likeness (QED) is 0.747. The van der Waals surface area contributed by atoms with E-state index in [9.17, 15) is 27.2 Å². The van der Waals surface area contributed by atoms with Crippen molar-refractivity contribution in [3.05, 3.63) is 70.0 Å². The molecule has 2 aromatic carbocycles. The Kier molecular flexibility index (Phi) is 5.60. The molecule has 1 unspecified atom stereocenters. The smallest absolute Gasteiger partial charge is 0.355 e. The number of hydrogen-bond donors (Lipinski definition) is 2. The van der Waals surface area contributed by atoms with Crippen LogP contribution in [0.3, 0.4) is 0 Å². The van der Waals surface area contributed by atoms with Crippen LogP contribution in [0.2, 0.25) is 5.02 Å². The molecule has 0 bridgehead atoms. The van der Waals surface area contributed by atoms with Gasteiger partial charge in [0.25, 0.3) is 0 Å². The van der Waals surface area contributed by atoms with Crippen LogP contribution in [0.5, 0.6) is 0 Å². The predicted octanol–water partition coefficient (Wildman–Crippen LogP) is 3.84. The molecule has 2 N–H and O–H groups in total. The zero-order valence-electron chi connectivity index (χ0n) is 14.3. The third kappa shape index (κ3) is 4.44. The first kappa shape index (κ1) is 20.1. The average Bonchev–Trinajstić information content (AvgIpc) is 3.08. The van der Waals surface area contributed by atoms with Crippen molar-refractivity contribution in [1.82, 2.24) is 10.6 Å². The number of benzene rings is 2. The highest BCUT2D eigenvalue weighted by Crippen LogP contribution is 2.32. The fourth-order valence-corrected chi connectivity index (χ4v) is 3.16. The fraction of sp³-hybridized carbons (Fsp3) is 0.263. The Morgan fingerprint density at radius 1 is 1.14 bits per heavy atom. The molecule has 0 aliphatic carbocycles. The van der Waals surface area contributed by atoms with Crippen LogP contribution < -0.4 is 10.6 Å². The van der Waals surface area contributed by atoms with Gasteiger partial charge in [0.2, 0.25) is 11.8 Å². The number of nitrogens with one attached hydrogen (secondary N) is 2. The highest BCUT2D eigenvalue weighted by atomic mass is 35.5. The number of hydrogen-bond acceptors (Lipinski definition) is 2. The minimum absolute atomic E-state index is 0.0236. The Bertz CT molecular complexity index is 900. The first-order valence-corrected chi connectivity index (χ1v) is 8.72. The van der Waals surface area contributed by atoms with Gasteiger partial charge in [-0.15, -0.1) is 0 Å². The molecular weight excluding hydrogens is 400 g/mol. The van der Waals surface area contributed by atoms with Crippen LogP contribution in [0.1, 0.15) is 29.2 Å². The van der Waals surface area contributed by atoms with Crippen molar-refractivity contribution in [3.63, 3.8) is 0 Å². The molecule has 3 rings (SSSR count). The normalized spacial score (nSPS) is 17.9. The number of rotatable bonds is 4. The van der Waals surface area contributed by atoms with Crippen LogP contribution in [0.15, 0.2) is 42.5 Å². The van der Waals surface area contributed by atoms with Crippen molar-refractivity contribution < 1.29 is 27.2 Å². The zero-order valence-corrected chi connectivity index (χ0v) is 15.1.